The molecule has 2 aromatic rings. The zero-order valence-corrected chi connectivity index (χ0v) is 13.1. The Hall–Kier alpha value is -2.56. The molecule has 0 aliphatic rings. The lowest BCUT2D eigenvalue weighted by Gasteiger charge is -2.07. The third-order valence-electron chi connectivity index (χ3n) is 2.82. The molecule has 1 N–H and O–H groups in total. The van der Waals surface area contributed by atoms with Gasteiger partial charge in [0.05, 0.1) is 18.3 Å². The standard InChI is InChI=1S/C13H12F3N3O4S/c1-23-9-2-4-10(5-3-9)24(21,22)18-12(20)11-6-19(8-17-11)7-13(14,15)16/h2-6,8H,7H2,1H3,(H,18,20). The van der Waals surface area contributed by atoms with Gasteiger partial charge < -0.3 is 9.30 Å². The molecule has 7 nitrogen and oxygen atoms in total. The second kappa shape index (κ2) is 6.51. The first-order valence-corrected chi connectivity index (χ1v) is 7.89. The van der Waals surface area contributed by atoms with Gasteiger partial charge in [0.1, 0.15) is 18.0 Å². The molecule has 0 aliphatic carbocycles. The third kappa shape index (κ3) is 4.47. The average molecular weight is 363 g/mol. The Morgan fingerprint density at radius 3 is 2.46 bits per heavy atom. The van der Waals surface area contributed by atoms with E-state index in [0.717, 1.165) is 12.5 Å². The fraction of sp³-hybridized carbons (Fsp3) is 0.231. The van der Waals surface area contributed by atoms with Gasteiger partial charge in [-0.1, -0.05) is 0 Å². The Labute approximate surface area is 135 Å². The molecule has 0 radical (unpaired) electrons. The molecule has 0 saturated heterocycles. The van der Waals surface area contributed by atoms with Crippen molar-refractivity contribution in [1.29, 1.82) is 0 Å². The van der Waals surface area contributed by atoms with Crippen molar-refractivity contribution in [2.24, 2.45) is 0 Å². The average Bonchev–Trinajstić information content (AvgIpc) is 2.93. The molecule has 1 amide bonds. The van der Waals surface area contributed by atoms with Crippen molar-refractivity contribution in [2.45, 2.75) is 17.6 Å². The zero-order chi connectivity index (χ0) is 18.0. The van der Waals surface area contributed by atoms with Crippen molar-refractivity contribution in [3.63, 3.8) is 0 Å². The van der Waals surface area contributed by atoms with Gasteiger partial charge in [-0.25, -0.2) is 18.1 Å². The van der Waals surface area contributed by atoms with Crippen LogP contribution >= 0.6 is 0 Å². The van der Waals surface area contributed by atoms with Gasteiger partial charge in [-0.05, 0) is 24.3 Å². The Balaban J connectivity index is 2.13. The van der Waals surface area contributed by atoms with Crippen molar-refractivity contribution in [1.82, 2.24) is 14.3 Å². The number of halogens is 3. The second-order valence-electron chi connectivity index (χ2n) is 4.66. The van der Waals surface area contributed by atoms with Crippen molar-refractivity contribution in [3.05, 3.63) is 42.5 Å². The molecule has 0 fully saturated rings. The topological polar surface area (TPSA) is 90.3 Å². The molecule has 2 rings (SSSR count). The van der Waals surface area contributed by atoms with E-state index < -0.39 is 34.3 Å². The predicted octanol–water partition coefficient (Wildman–Crippen LogP) is 1.57. The van der Waals surface area contributed by atoms with Gasteiger partial charge >= 0.3 is 6.18 Å². The van der Waals surface area contributed by atoms with Crippen LogP contribution in [0.5, 0.6) is 5.75 Å². The molecule has 0 saturated carbocycles. The van der Waals surface area contributed by atoms with E-state index in [1.54, 1.807) is 4.72 Å². The van der Waals surface area contributed by atoms with Crippen LogP contribution in [0.25, 0.3) is 0 Å². The fourth-order valence-electron chi connectivity index (χ4n) is 1.76. The summed E-state index contributed by atoms with van der Waals surface area (Å²) in [6, 6.07) is 5.21. The lowest BCUT2D eigenvalue weighted by atomic mass is 10.3. The number of nitrogens with zero attached hydrogens (tertiary/aromatic N) is 2. The quantitative estimate of drug-likeness (QED) is 0.871. The maximum atomic E-state index is 12.3. The molecule has 130 valence electrons. The lowest BCUT2D eigenvalue weighted by Crippen LogP contribution is -2.30. The van der Waals surface area contributed by atoms with Crippen LogP contribution in [0.3, 0.4) is 0 Å². The lowest BCUT2D eigenvalue weighted by molar-refractivity contribution is -0.140. The predicted molar refractivity (Wildman–Crippen MR) is 75.9 cm³/mol. The first-order chi connectivity index (χ1) is 11.1. The molecule has 1 heterocycles. The molecule has 11 heteroatoms. The number of aromatic nitrogens is 2. The van der Waals surface area contributed by atoms with E-state index >= 15 is 0 Å². The summed E-state index contributed by atoms with van der Waals surface area (Å²) in [4.78, 5) is 15.1. The van der Waals surface area contributed by atoms with Gasteiger partial charge in [0.2, 0.25) is 0 Å². The second-order valence-corrected chi connectivity index (χ2v) is 6.34. The minimum atomic E-state index is -4.48. The summed E-state index contributed by atoms with van der Waals surface area (Å²) in [6.07, 6.45) is -2.88. The van der Waals surface area contributed by atoms with E-state index in [9.17, 15) is 26.4 Å². The monoisotopic (exact) mass is 363 g/mol. The van der Waals surface area contributed by atoms with E-state index in [4.69, 9.17) is 4.74 Å². The summed E-state index contributed by atoms with van der Waals surface area (Å²) < 4.78 is 68.1. The van der Waals surface area contributed by atoms with Gasteiger partial charge in [0.15, 0.2) is 0 Å². The molecule has 1 aromatic heterocycles. The van der Waals surface area contributed by atoms with E-state index in [-0.39, 0.29) is 4.90 Å². The molecule has 24 heavy (non-hydrogen) atoms. The SMILES string of the molecule is COc1ccc(S(=O)(=O)NC(=O)c2cn(CC(F)(F)F)cn2)cc1. The van der Waals surface area contributed by atoms with Crippen LogP contribution in [0, 0.1) is 0 Å². The number of nitrogens with one attached hydrogen (secondary N) is 1. The number of hydrogen-bond donors (Lipinski definition) is 1. The number of rotatable bonds is 5. The molecular weight excluding hydrogens is 351 g/mol. The zero-order valence-electron chi connectivity index (χ0n) is 12.2. The van der Waals surface area contributed by atoms with E-state index in [1.165, 1.54) is 31.4 Å². The van der Waals surface area contributed by atoms with Gasteiger partial charge in [0, 0.05) is 6.20 Å². The highest BCUT2D eigenvalue weighted by molar-refractivity contribution is 7.90. The van der Waals surface area contributed by atoms with Crippen LogP contribution in [-0.2, 0) is 16.6 Å². The van der Waals surface area contributed by atoms with Crippen molar-refractivity contribution >= 4 is 15.9 Å². The number of benzene rings is 1. The van der Waals surface area contributed by atoms with Gasteiger partial charge in [0.25, 0.3) is 15.9 Å². The number of sulfonamides is 1. The fourth-order valence-corrected chi connectivity index (χ4v) is 2.72. The van der Waals surface area contributed by atoms with Crippen molar-refractivity contribution < 1.29 is 31.1 Å². The third-order valence-corrected chi connectivity index (χ3v) is 4.17. The van der Waals surface area contributed by atoms with Crippen LogP contribution in [0.1, 0.15) is 10.5 Å². The summed E-state index contributed by atoms with van der Waals surface area (Å²) >= 11 is 0. The van der Waals surface area contributed by atoms with Crippen LogP contribution in [0.2, 0.25) is 0 Å². The summed E-state index contributed by atoms with van der Waals surface area (Å²) in [7, 11) is -2.78. The molecule has 1 aromatic carbocycles. The number of carbonyl (C=O) groups is 1. The minimum absolute atomic E-state index is 0.202. The molecule has 0 aliphatic heterocycles. The van der Waals surface area contributed by atoms with Gasteiger partial charge in [-0.2, -0.15) is 13.2 Å². The van der Waals surface area contributed by atoms with Crippen LogP contribution in [0.15, 0.2) is 41.7 Å². The molecule has 0 bridgehead atoms. The highest BCUT2D eigenvalue weighted by atomic mass is 32.2. The Kier molecular flexibility index (Phi) is 4.83. The van der Waals surface area contributed by atoms with Crippen LogP contribution in [0.4, 0.5) is 13.2 Å². The summed E-state index contributed by atoms with van der Waals surface area (Å²) in [5.41, 5.74) is -0.448. The Bertz CT molecular complexity index is 829. The number of methoxy groups -OCH3 is 1. The highest BCUT2D eigenvalue weighted by Gasteiger charge is 2.28. The number of carbonyl (C=O) groups excluding carboxylic acids is 1. The van der Waals surface area contributed by atoms with Crippen LogP contribution in [-0.4, -0.2) is 37.2 Å². The van der Waals surface area contributed by atoms with E-state index in [0.29, 0.717) is 10.3 Å². The number of ether oxygens (including phenoxy) is 1. The number of hydrogen-bond acceptors (Lipinski definition) is 5. The first kappa shape index (κ1) is 17.8. The van der Waals surface area contributed by atoms with Crippen LogP contribution < -0.4 is 9.46 Å². The summed E-state index contributed by atoms with van der Waals surface area (Å²) in [5.74, 6) is -0.710. The Morgan fingerprint density at radius 2 is 1.92 bits per heavy atom. The Morgan fingerprint density at radius 1 is 1.29 bits per heavy atom. The van der Waals surface area contributed by atoms with Crippen molar-refractivity contribution in [3.8, 4) is 5.75 Å². The molecule has 0 unspecified atom stereocenters. The summed E-state index contributed by atoms with van der Waals surface area (Å²) in [5, 5.41) is 0. The molecule has 0 atom stereocenters. The normalized spacial score (nSPS) is 12.0. The number of imidazole rings is 1. The number of alkyl halides is 3. The molecule has 0 spiro atoms. The minimum Gasteiger partial charge on any atom is -0.497 e. The molecular formula is C13H12F3N3O4S. The van der Waals surface area contributed by atoms with E-state index in [1.807, 2.05) is 0 Å². The summed E-state index contributed by atoms with van der Waals surface area (Å²) in [6.45, 7) is -1.33. The smallest absolute Gasteiger partial charge is 0.406 e. The van der Waals surface area contributed by atoms with Gasteiger partial charge in [-0.3, -0.25) is 4.79 Å². The van der Waals surface area contributed by atoms with Crippen molar-refractivity contribution in [2.75, 3.05) is 7.11 Å². The maximum absolute atomic E-state index is 12.3. The highest BCUT2D eigenvalue weighted by Crippen LogP contribution is 2.18. The number of amides is 1. The first-order valence-electron chi connectivity index (χ1n) is 6.40. The largest absolute Gasteiger partial charge is 0.497 e. The van der Waals surface area contributed by atoms with Gasteiger partial charge in [-0.15, -0.1) is 0 Å². The van der Waals surface area contributed by atoms with E-state index in [2.05, 4.69) is 4.98 Å². The maximum Gasteiger partial charge on any atom is 0.406 e.